The predicted molar refractivity (Wildman–Crippen MR) is 110 cm³/mol. The highest BCUT2D eigenvalue weighted by atomic mass is 32.2. The Labute approximate surface area is 172 Å². The van der Waals surface area contributed by atoms with Crippen LogP contribution < -0.4 is 10.5 Å². The highest BCUT2D eigenvalue weighted by Gasteiger charge is 2.23. The molecule has 0 bridgehead atoms. The van der Waals surface area contributed by atoms with Gasteiger partial charge in [0, 0.05) is 16.8 Å². The lowest BCUT2D eigenvalue weighted by Crippen LogP contribution is -2.03. The molecular formula is C18H17N3O7S2. The monoisotopic (exact) mass is 451 g/mol. The molecule has 0 saturated carbocycles. The molecule has 0 aliphatic rings. The Morgan fingerprint density at radius 3 is 2.17 bits per heavy atom. The van der Waals surface area contributed by atoms with Crippen LogP contribution in [0.25, 0.3) is 10.8 Å². The van der Waals surface area contributed by atoms with Crippen molar-refractivity contribution in [3.8, 4) is 5.75 Å². The normalized spacial score (nSPS) is 12.5. The van der Waals surface area contributed by atoms with E-state index in [1.807, 2.05) is 0 Å². The number of aryl methyl sites for hydroxylation is 1. The fourth-order valence-electron chi connectivity index (χ4n) is 2.96. The van der Waals surface area contributed by atoms with Crippen LogP contribution in [0.2, 0.25) is 0 Å². The van der Waals surface area contributed by atoms with Gasteiger partial charge in [0.25, 0.3) is 20.2 Å². The molecule has 30 heavy (non-hydrogen) atoms. The van der Waals surface area contributed by atoms with Gasteiger partial charge in [-0.3, -0.25) is 9.11 Å². The van der Waals surface area contributed by atoms with Gasteiger partial charge in [-0.15, -0.1) is 5.11 Å². The molecule has 3 rings (SSSR count). The van der Waals surface area contributed by atoms with Gasteiger partial charge < -0.3 is 10.5 Å². The Hall–Kier alpha value is -3.06. The quantitative estimate of drug-likeness (QED) is 0.300. The van der Waals surface area contributed by atoms with Crippen molar-refractivity contribution >= 4 is 48.1 Å². The Balaban J connectivity index is 2.27. The average Bonchev–Trinajstić information content (AvgIpc) is 2.64. The molecule has 0 heterocycles. The molecule has 0 atom stereocenters. The summed E-state index contributed by atoms with van der Waals surface area (Å²) in [5.41, 5.74) is 6.96. The van der Waals surface area contributed by atoms with Crippen LogP contribution in [0.15, 0.2) is 62.5 Å². The van der Waals surface area contributed by atoms with Crippen molar-refractivity contribution in [2.75, 3.05) is 12.8 Å². The number of hydrogen-bond acceptors (Lipinski definition) is 8. The smallest absolute Gasteiger partial charge is 0.297 e. The van der Waals surface area contributed by atoms with Crippen molar-refractivity contribution in [2.24, 2.45) is 10.2 Å². The summed E-state index contributed by atoms with van der Waals surface area (Å²) in [6, 6.07) is 9.18. The lowest BCUT2D eigenvalue weighted by Gasteiger charge is -2.10. The van der Waals surface area contributed by atoms with E-state index in [9.17, 15) is 25.9 Å². The first-order valence-corrected chi connectivity index (χ1v) is 11.2. The lowest BCUT2D eigenvalue weighted by atomic mass is 10.1. The number of nitrogens with two attached hydrogens (primary N) is 1. The van der Waals surface area contributed by atoms with E-state index in [4.69, 9.17) is 10.5 Å². The molecule has 12 heteroatoms. The standard InChI is InChI=1S/C18H17N3O7S2/c1-10-8-13(19)16(28-2)9-15(10)21-20-14-7-6-11-12(18(14)30(25,26)27)4-3-5-17(11)29(22,23)24/h3-9H,19H2,1-2H3,(H,22,23,24)(H,25,26,27)/b21-20+. The van der Waals surface area contributed by atoms with Crippen molar-refractivity contribution in [3.05, 3.63) is 48.0 Å². The molecule has 0 radical (unpaired) electrons. The van der Waals surface area contributed by atoms with Crippen LogP contribution in [0.5, 0.6) is 5.75 Å². The minimum absolute atomic E-state index is 0.100. The van der Waals surface area contributed by atoms with Gasteiger partial charge in [0.15, 0.2) is 0 Å². The Morgan fingerprint density at radius 2 is 1.57 bits per heavy atom. The summed E-state index contributed by atoms with van der Waals surface area (Å²) in [7, 11) is -8.04. The Kier molecular flexibility index (Phi) is 5.52. The average molecular weight is 451 g/mol. The maximum Gasteiger partial charge on any atom is 0.297 e. The molecule has 158 valence electrons. The van der Waals surface area contributed by atoms with E-state index < -0.39 is 30.0 Å². The van der Waals surface area contributed by atoms with Crippen LogP contribution in [-0.4, -0.2) is 33.1 Å². The Bertz CT molecular complexity index is 1400. The van der Waals surface area contributed by atoms with E-state index in [0.717, 1.165) is 6.07 Å². The molecule has 0 aromatic heterocycles. The lowest BCUT2D eigenvalue weighted by molar-refractivity contribution is 0.417. The SMILES string of the molecule is COc1cc(/N=N/c2ccc3c(S(=O)(=O)O)cccc3c2S(=O)(=O)O)c(C)cc1N. The molecule has 0 saturated heterocycles. The van der Waals surface area contributed by atoms with E-state index in [2.05, 4.69) is 10.2 Å². The van der Waals surface area contributed by atoms with E-state index in [1.165, 1.54) is 37.4 Å². The first-order valence-electron chi connectivity index (χ1n) is 8.30. The molecule has 0 amide bonds. The summed E-state index contributed by atoms with van der Waals surface area (Å²) >= 11 is 0. The zero-order valence-electron chi connectivity index (χ0n) is 15.8. The number of hydrogen-bond donors (Lipinski definition) is 3. The maximum absolute atomic E-state index is 12.1. The molecule has 3 aromatic carbocycles. The van der Waals surface area contributed by atoms with Crippen LogP contribution in [0.3, 0.4) is 0 Å². The molecule has 0 aliphatic heterocycles. The molecule has 10 nitrogen and oxygen atoms in total. The number of anilines is 1. The second-order valence-corrected chi connectivity index (χ2v) is 9.04. The first kappa shape index (κ1) is 21.6. The van der Waals surface area contributed by atoms with Gasteiger partial charge in [0.1, 0.15) is 21.2 Å². The highest BCUT2D eigenvalue weighted by molar-refractivity contribution is 7.86. The second kappa shape index (κ2) is 7.65. The predicted octanol–water partition coefficient (Wildman–Crippen LogP) is 3.65. The van der Waals surface area contributed by atoms with E-state index >= 15 is 0 Å². The fourth-order valence-corrected chi connectivity index (χ4v) is 4.49. The van der Waals surface area contributed by atoms with Crippen LogP contribution in [0.1, 0.15) is 5.56 Å². The van der Waals surface area contributed by atoms with Crippen LogP contribution in [0.4, 0.5) is 17.1 Å². The molecule has 4 N–H and O–H groups in total. The van der Waals surface area contributed by atoms with Crippen molar-refractivity contribution in [1.82, 2.24) is 0 Å². The number of azo groups is 1. The zero-order chi connectivity index (χ0) is 22.3. The van der Waals surface area contributed by atoms with Gasteiger partial charge in [0.2, 0.25) is 0 Å². The number of rotatable bonds is 5. The van der Waals surface area contributed by atoms with Crippen molar-refractivity contribution in [2.45, 2.75) is 16.7 Å². The summed E-state index contributed by atoms with van der Waals surface area (Å²) in [4.78, 5) is -1.15. The number of nitrogen functional groups attached to an aromatic ring is 1. The molecule has 0 spiro atoms. The van der Waals surface area contributed by atoms with Gasteiger partial charge in [-0.2, -0.15) is 21.9 Å². The maximum atomic E-state index is 12.1. The molecule has 0 unspecified atom stereocenters. The van der Waals surface area contributed by atoms with Gasteiger partial charge in [-0.1, -0.05) is 18.2 Å². The van der Waals surface area contributed by atoms with Crippen LogP contribution >= 0.6 is 0 Å². The summed E-state index contributed by atoms with van der Waals surface area (Å²) in [5, 5.41) is 7.71. The summed E-state index contributed by atoms with van der Waals surface area (Å²) in [5.74, 6) is 0.348. The third-order valence-electron chi connectivity index (χ3n) is 4.30. The molecule has 3 aromatic rings. The second-order valence-electron chi connectivity index (χ2n) is 6.30. The minimum Gasteiger partial charge on any atom is -0.495 e. The van der Waals surface area contributed by atoms with Crippen LogP contribution in [-0.2, 0) is 20.2 Å². The number of nitrogens with zero attached hydrogens (tertiary/aromatic N) is 2. The van der Waals surface area contributed by atoms with Crippen molar-refractivity contribution in [3.63, 3.8) is 0 Å². The number of ether oxygens (including phenoxy) is 1. The highest BCUT2D eigenvalue weighted by Crippen LogP contribution is 2.37. The van der Waals surface area contributed by atoms with E-state index in [0.29, 0.717) is 22.7 Å². The fraction of sp³-hybridized carbons (Fsp3) is 0.111. The molecular weight excluding hydrogens is 434 g/mol. The summed E-state index contributed by atoms with van der Waals surface area (Å²) < 4.78 is 71.6. The zero-order valence-corrected chi connectivity index (χ0v) is 17.4. The van der Waals surface area contributed by atoms with Crippen molar-refractivity contribution < 1.29 is 30.7 Å². The van der Waals surface area contributed by atoms with E-state index in [1.54, 1.807) is 13.0 Å². The molecule has 0 fully saturated rings. The van der Waals surface area contributed by atoms with Gasteiger partial charge in [0.05, 0.1) is 18.5 Å². The third kappa shape index (κ3) is 4.11. The largest absolute Gasteiger partial charge is 0.495 e. The van der Waals surface area contributed by atoms with Gasteiger partial charge in [-0.25, -0.2) is 0 Å². The topological polar surface area (TPSA) is 169 Å². The minimum atomic E-state index is -4.83. The summed E-state index contributed by atoms with van der Waals surface area (Å²) in [6.07, 6.45) is 0. The van der Waals surface area contributed by atoms with E-state index in [-0.39, 0.29) is 16.5 Å². The number of fused-ring (bicyclic) bond motifs is 1. The van der Waals surface area contributed by atoms with Crippen LogP contribution in [0, 0.1) is 6.92 Å². The summed E-state index contributed by atoms with van der Waals surface area (Å²) in [6.45, 7) is 1.71. The first-order chi connectivity index (χ1) is 13.9. The Morgan fingerprint density at radius 1 is 0.900 bits per heavy atom. The number of methoxy groups -OCH3 is 1. The number of benzene rings is 3. The molecule has 0 aliphatic carbocycles. The van der Waals surface area contributed by atoms with Gasteiger partial charge in [-0.05, 0) is 30.7 Å². The van der Waals surface area contributed by atoms with Gasteiger partial charge >= 0.3 is 0 Å². The third-order valence-corrected chi connectivity index (χ3v) is 6.16. The van der Waals surface area contributed by atoms with Crippen molar-refractivity contribution in [1.29, 1.82) is 0 Å².